The molecule has 1 aliphatic heterocycles. The van der Waals surface area contributed by atoms with E-state index in [4.69, 9.17) is 4.84 Å². The first-order chi connectivity index (χ1) is 8.41. The SMILES string of the molecule is CON=C1[C@H](C(F)(F)F)[C@@H](C)CC12CCNCC2. The summed E-state index contributed by atoms with van der Waals surface area (Å²) < 4.78 is 39.5. The average Bonchev–Trinajstić information content (AvgIpc) is 2.52. The Morgan fingerprint density at radius 3 is 2.44 bits per heavy atom. The van der Waals surface area contributed by atoms with Crippen LogP contribution in [-0.4, -0.2) is 32.1 Å². The van der Waals surface area contributed by atoms with Gasteiger partial charge < -0.3 is 10.2 Å². The number of oxime groups is 1. The van der Waals surface area contributed by atoms with Gasteiger partial charge in [-0.2, -0.15) is 13.2 Å². The Morgan fingerprint density at radius 1 is 1.33 bits per heavy atom. The van der Waals surface area contributed by atoms with Gasteiger partial charge in [0.25, 0.3) is 0 Å². The molecule has 1 aliphatic carbocycles. The lowest BCUT2D eigenvalue weighted by Crippen LogP contribution is -2.42. The van der Waals surface area contributed by atoms with Gasteiger partial charge >= 0.3 is 6.18 Å². The molecule has 0 radical (unpaired) electrons. The zero-order valence-electron chi connectivity index (χ0n) is 10.7. The molecule has 6 heteroatoms. The maximum absolute atomic E-state index is 13.2. The second-order valence-electron chi connectivity index (χ2n) is 5.39. The third kappa shape index (κ3) is 2.22. The van der Waals surface area contributed by atoms with Crippen LogP contribution in [0.25, 0.3) is 0 Å². The Kier molecular flexibility index (Phi) is 3.58. The molecule has 2 rings (SSSR count). The van der Waals surface area contributed by atoms with Crippen LogP contribution in [0.4, 0.5) is 13.2 Å². The summed E-state index contributed by atoms with van der Waals surface area (Å²) in [4.78, 5) is 4.69. The molecule has 2 aliphatic rings. The van der Waals surface area contributed by atoms with E-state index in [-0.39, 0.29) is 5.71 Å². The molecule has 104 valence electrons. The second-order valence-corrected chi connectivity index (χ2v) is 5.39. The molecular formula is C12H19F3N2O. The highest BCUT2D eigenvalue weighted by atomic mass is 19.4. The van der Waals surface area contributed by atoms with E-state index in [2.05, 4.69) is 10.5 Å². The molecule has 0 bridgehead atoms. The van der Waals surface area contributed by atoms with Gasteiger partial charge in [-0.15, -0.1) is 0 Å². The molecule has 0 unspecified atom stereocenters. The maximum atomic E-state index is 13.2. The fraction of sp³-hybridized carbons (Fsp3) is 0.917. The standard InChI is InChI=1S/C12H19F3N2O/c1-8-7-11(3-5-16-6-4-11)10(17-18-2)9(8)12(13,14)15/h8-9,16H,3-7H2,1-2H3/t8-,9+/m0/s1. The van der Waals surface area contributed by atoms with Crippen molar-refractivity contribution in [3.8, 4) is 0 Å². The van der Waals surface area contributed by atoms with Crippen molar-refractivity contribution in [1.82, 2.24) is 5.32 Å². The predicted octanol–water partition coefficient (Wildman–Crippen LogP) is 2.58. The van der Waals surface area contributed by atoms with E-state index in [1.807, 2.05) is 0 Å². The number of alkyl halides is 3. The molecule has 1 spiro atoms. The molecule has 1 N–H and O–H groups in total. The Balaban J connectivity index is 2.36. The van der Waals surface area contributed by atoms with Crippen molar-refractivity contribution in [1.29, 1.82) is 0 Å². The van der Waals surface area contributed by atoms with Crippen LogP contribution in [0.1, 0.15) is 26.2 Å². The molecule has 18 heavy (non-hydrogen) atoms. The van der Waals surface area contributed by atoms with Gasteiger partial charge in [-0.25, -0.2) is 0 Å². The van der Waals surface area contributed by atoms with Gasteiger partial charge in [0.1, 0.15) is 7.11 Å². The number of nitrogens with zero attached hydrogens (tertiary/aromatic N) is 1. The largest absolute Gasteiger partial charge is 0.399 e. The number of halogens is 3. The second kappa shape index (κ2) is 4.72. The first kappa shape index (κ1) is 13.6. The first-order valence-electron chi connectivity index (χ1n) is 6.30. The lowest BCUT2D eigenvalue weighted by Gasteiger charge is -2.34. The monoisotopic (exact) mass is 264 g/mol. The molecule has 0 amide bonds. The van der Waals surface area contributed by atoms with Crippen molar-refractivity contribution >= 4 is 5.71 Å². The van der Waals surface area contributed by atoms with Gasteiger partial charge in [0.15, 0.2) is 0 Å². The van der Waals surface area contributed by atoms with Gasteiger partial charge in [0.05, 0.1) is 11.6 Å². The van der Waals surface area contributed by atoms with Crippen molar-refractivity contribution in [2.45, 2.75) is 32.4 Å². The van der Waals surface area contributed by atoms with Crippen LogP contribution in [0.15, 0.2) is 5.16 Å². The Bertz CT molecular complexity index is 335. The summed E-state index contributed by atoms with van der Waals surface area (Å²) in [5, 5.41) is 6.96. The summed E-state index contributed by atoms with van der Waals surface area (Å²) in [6, 6.07) is 0. The van der Waals surface area contributed by atoms with Gasteiger partial charge in [-0.05, 0) is 38.3 Å². The van der Waals surface area contributed by atoms with Crippen LogP contribution in [0.3, 0.4) is 0 Å². The summed E-state index contributed by atoms with van der Waals surface area (Å²) in [5.41, 5.74) is -0.201. The van der Waals surface area contributed by atoms with Crippen LogP contribution in [0, 0.1) is 17.3 Å². The molecule has 1 saturated heterocycles. The molecule has 2 atom stereocenters. The average molecular weight is 264 g/mol. The van der Waals surface area contributed by atoms with Gasteiger partial charge in [0, 0.05) is 5.41 Å². The first-order valence-corrected chi connectivity index (χ1v) is 6.30. The minimum atomic E-state index is -4.23. The third-order valence-corrected chi connectivity index (χ3v) is 4.22. The quantitative estimate of drug-likeness (QED) is 0.738. The van der Waals surface area contributed by atoms with Crippen LogP contribution in [0.2, 0.25) is 0 Å². The van der Waals surface area contributed by atoms with E-state index in [1.165, 1.54) is 7.11 Å². The zero-order chi connectivity index (χ0) is 13.4. The van der Waals surface area contributed by atoms with E-state index >= 15 is 0 Å². The fourth-order valence-corrected chi connectivity index (χ4v) is 3.53. The maximum Gasteiger partial charge on any atom is 0.397 e. The summed E-state index contributed by atoms with van der Waals surface area (Å²) in [6.07, 6.45) is -2.25. The number of rotatable bonds is 1. The van der Waals surface area contributed by atoms with E-state index in [9.17, 15) is 13.2 Å². The molecular weight excluding hydrogens is 245 g/mol. The van der Waals surface area contributed by atoms with Crippen molar-refractivity contribution in [2.24, 2.45) is 22.4 Å². The summed E-state index contributed by atoms with van der Waals surface area (Å²) in [5.74, 6) is -1.87. The van der Waals surface area contributed by atoms with E-state index in [0.717, 1.165) is 13.1 Å². The van der Waals surface area contributed by atoms with Crippen LogP contribution in [0.5, 0.6) is 0 Å². The molecule has 3 nitrogen and oxygen atoms in total. The fourth-order valence-electron chi connectivity index (χ4n) is 3.53. The van der Waals surface area contributed by atoms with Crippen molar-refractivity contribution in [3.05, 3.63) is 0 Å². The minimum absolute atomic E-state index is 0.214. The number of hydrogen-bond donors (Lipinski definition) is 1. The molecule has 1 heterocycles. The minimum Gasteiger partial charge on any atom is -0.399 e. The summed E-state index contributed by atoms with van der Waals surface area (Å²) in [6.45, 7) is 3.17. The summed E-state index contributed by atoms with van der Waals surface area (Å²) >= 11 is 0. The zero-order valence-corrected chi connectivity index (χ0v) is 10.7. The van der Waals surface area contributed by atoms with Gasteiger partial charge in [-0.3, -0.25) is 0 Å². The Hall–Kier alpha value is -0.780. The van der Waals surface area contributed by atoms with Gasteiger partial charge in [-0.1, -0.05) is 12.1 Å². The summed E-state index contributed by atoms with van der Waals surface area (Å²) in [7, 11) is 1.32. The van der Waals surface area contributed by atoms with Crippen molar-refractivity contribution in [3.63, 3.8) is 0 Å². The van der Waals surface area contributed by atoms with E-state index in [0.29, 0.717) is 19.3 Å². The highest BCUT2D eigenvalue weighted by Crippen LogP contribution is 2.53. The normalized spacial score (nSPS) is 34.2. The third-order valence-electron chi connectivity index (χ3n) is 4.22. The lowest BCUT2D eigenvalue weighted by molar-refractivity contribution is -0.163. The molecule has 1 saturated carbocycles. The predicted molar refractivity (Wildman–Crippen MR) is 62.3 cm³/mol. The van der Waals surface area contributed by atoms with Crippen LogP contribution >= 0.6 is 0 Å². The smallest absolute Gasteiger partial charge is 0.397 e. The molecule has 0 aromatic heterocycles. The van der Waals surface area contributed by atoms with Crippen LogP contribution in [-0.2, 0) is 4.84 Å². The number of hydrogen-bond acceptors (Lipinski definition) is 3. The lowest BCUT2D eigenvalue weighted by atomic mass is 9.75. The molecule has 0 aromatic carbocycles. The van der Waals surface area contributed by atoms with Crippen molar-refractivity contribution in [2.75, 3.05) is 20.2 Å². The molecule has 2 fully saturated rings. The van der Waals surface area contributed by atoms with Crippen molar-refractivity contribution < 1.29 is 18.0 Å². The number of nitrogens with one attached hydrogen (secondary N) is 1. The Labute approximate surface area is 105 Å². The van der Waals surface area contributed by atoms with Gasteiger partial charge in [0.2, 0.25) is 0 Å². The highest BCUT2D eigenvalue weighted by Gasteiger charge is 2.59. The molecule has 0 aromatic rings. The van der Waals surface area contributed by atoms with E-state index in [1.54, 1.807) is 6.92 Å². The van der Waals surface area contributed by atoms with E-state index < -0.39 is 23.4 Å². The Morgan fingerprint density at radius 2 is 1.94 bits per heavy atom. The highest BCUT2D eigenvalue weighted by molar-refractivity contribution is 5.95. The topological polar surface area (TPSA) is 33.6 Å². The number of piperidine rings is 1. The van der Waals surface area contributed by atoms with Crippen LogP contribution < -0.4 is 5.32 Å².